The molecule has 0 spiro atoms. The standard InChI is InChI=1S/C62H46N2/c1-2-20-47-38-48(33-28-41(47)14-1)61-53-36-34-50(64-59-26-11-6-18-45(59)31-32-46-19-7-12-27-60(46)64)40-56(53)62(52-23-13-21-42-15-3-8-22-51(42)52)54-37-35-49(39-55(54)61)63-57-24-9-4-16-43(57)29-30-44-17-5-10-25-58(44)63/h1-4,6-16,18-28,33-40H,5,17,29-32H2. The zero-order valence-corrected chi connectivity index (χ0v) is 35.8. The third-order valence-electron chi connectivity index (χ3n) is 14.2. The van der Waals surface area contributed by atoms with Gasteiger partial charge in [-0.3, -0.25) is 0 Å². The molecule has 2 nitrogen and oxygen atoms in total. The molecule has 2 aliphatic heterocycles. The summed E-state index contributed by atoms with van der Waals surface area (Å²) in [7, 11) is 0. The molecule has 2 heteroatoms. The third kappa shape index (κ3) is 5.93. The first-order valence-electron chi connectivity index (χ1n) is 23.0. The quantitative estimate of drug-likeness (QED) is 0.163. The van der Waals surface area contributed by atoms with E-state index in [-0.39, 0.29) is 0 Å². The number of hydrogen-bond acceptors (Lipinski definition) is 2. The van der Waals surface area contributed by atoms with Crippen LogP contribution in [0.15, 0.2) is 218 Å². The summed E-state index contributed by atoms with van der Waals surface area (Å²) in [6.07, 6.45) is 11.1. The van der Waals surface area contributed by atoms with Crippen LogP contribution in [0.5, 0.6) is 0 Å². The molecule has 0 N–H and O–H groups in total. The Morgan fingerprint density at radius 3 is 1.64 bits per heavy atom. The van der Waals surface area contributed by atoms with Gasteiger partial charge in [-0.25, -0.2) is 0 Å². The highest BCUT2D eigenvalue weighted by Gasteiger charge is 2.28. The van der Waals surface area contributed by atoms with Gasteiger partial charge in [0.25, 0.3) is 0 Å². The number of aryl methyl sites for hydroxylation is 3. The van der Waals surface area contributed by atoms with E-state index in [1.54, 1.807) is 5.57 Å². The number of rotatable bonds is 4. The lowest BCUT2D eigenvalue weighted by Gasteiger charge is -2.30. The summed E-state index contributed by atoms with van der Waals surface area (Å²) in [6.45, 7) is 0. The van der Waals surface area contributed by atoms with Crippen molar-refractivity contribution in [1.29, 1.82) is 0 Å². The lowest BCUT2D eigenvalue weighted by Crippen LogP contribution is -2.18. The van der Waals surface area contributed by atoms with Crippen LogP contribution in [-0.2, 0) is 19.3 Å². The predicted molar refractivity (Wildman–Crippen MR) is 272 cm³/mol. The van der Waals surface area contributed by atoms with E-state index in [0.717, 1.165) is 38.5 Å². The molecule has 0 saturated heterocycles. The van der Waals surface area contributed by atoms with Gasteiger partial charge in [-0.2, -0.15) is 0 Å². The van der Waals surface area contributed by atoms with Gasteiger partial charge in [0.15, 0.2) is 0 Å². The summed E-state index contributed by atoms with van der Waals surface area (Å²) in [5.41, 5.74) is 18.2. The molecule has 0 atom stereocenters. The zero-order valence-electron chi connectivity index (χ0n) is 35.8. The zero-order chi connectivity index (χ0) is 42.1. The van der Waals surface area contributed by atoms with E-state index in [4.69, 9.17) is 0 Å². The summed E-state index contributed by atoms with van der Waals surface area (Å²) in [5.74, 6) is 0. The molecule has 0 saturated carbocycles. The molecule has 10 aromatic carbocycles. The fourth-order valence-electron chi connectivity index (χ4n) is 11.2. The maximum Gasteiger partial charge on any atom is 0.0493 e. The van der Waals surface area contributed by atoms with Gasteiger partial charge in [0.05, 0.1) is 0 Å². The van der Waals surface area contributed by atoms with E-state index < -0.39 is 0 Å². The molecule has 2 heterocycles. The number of anilines is 5. The Labute approximate surface area is 374 Å². The number of para-hydroxylation sites is 3. The molecule has 0 radical (unpaired) electrons. The number of benzene rings is 10. The average Bonchev–Trinajstić information content (AvgIpc) is 3.63. The maximum absolute atomic E-state index is 2.57. The molecular weight excluding hydrogens is 773 g/mol. The topological polar surface area (TPSA) is 6.48 Å². The van der Waals surface area contributed by atoms with Gasteiger partial charge in [-0.15, -0.1) is 0 Å². The van der Waals surface area contributed by atoms with Crippen LogP contribution in [-0.4, -0.2) is 0 Å². The molecule has 304 valence electrons. The van der Waals surface area contributed by atoms with Crippen molar-refractivity contribution in [3.8, 4) is 22.3 Å². The van der Waals surface area contributed by atoms with Gasteiger partial charge in [-0.05, 0) is 181 Å². The SMILES string of the molecule is C1=CC2=C(CC1)CCc1ccccc1N2c1ccc2c(-c3cccc4ccccc34)c3cc(N4c5ccccc5CCc5ccccc54)ccc3c(-c3ccc4ccccc4c3)c2c1. The summed E-state index contributed by atoms with van der Waals surface area (Å²) < 4.78 is 0. The van der Waals surface area contributed by atoms with E-state index in [1.165, 1.54) is 116 Å². The van der Waals surface area contributed by atoms with Crippen molar-refractivity contribution < 1.29 is 0 Å². The molecule has 0 bridgehead atoms. The van der Waals surface area contributed by atoms with Gasteiger partial charge >= 0.3 is 0 Å². The monoisotopic (exact) mass is 818 g/mol. The van der Waals surface area contributed by atoms with Crippen LogP contribution in [0.2, 0.25) is 0 Å². The third-order valence-corrected chi connectivity index (χ3v) is 14.2. The number of nitrogens with zero attached hydrogens (tertiary/aromatic N) is 2. The Morgan fingerprint density at radius 2 is 0.906 bits per heavy atom. The number of fused-ring (bicyclic) bond motifs is 7. The fraction of sp³-hybridized carbons (Fsp3) is 0.0968. The van der Waals surface area contributed by atoms with Crippen molar-refractivity contribution in [1.82, 2.24) is 0 Å². The highest BCUT2D eigenvalue weighted by Crippen LogP contribution is 2.51. The van der Waals surface area contributed by atoms with Crippen LogP contribution >= 0.6 is 0 Å². The van der Waals surface area contributed by atoms with Crippen LogP contribution in [0.3, 0.4) is 0 Å². The van der Waals surface area contributed by atoms with Gasteiger partial charge in [0, 0.05) is 34.1 Å². The highest BCUT2D eigenvalue weighted by atomic mass is 15.2. The van der Waals surface area contributed by atoms with Crippen LogP contribution in [0.25, 0.3) is 65.3 Å². The average molecular weight is 819 g/mol. The molecule has 0 aromatic heterocycles. The fourth-order valence-corrected chi connectivity index (χ4v) is 11.2. The van der Waals surface area contributed by atoms with Crippen molar-refractivity contribution >= 4 is 71.5 Å². The molecule has 64 heavy (non-hydrogen) atoms. The lowest BCUT2D eigenvalue weighted by molar-refractivity contribution is 0.833. The maximum atomic E-state index is 2.57. The minimum Gasteiger partial charge on any atom is -0.310 e. The molecule has 0 unspecified atom stereocenters. The van der Waals surface area contributed by atoms with Gasteiger partial charge in [0.1, 0.15) is 0 Å². The van der Waals surface area contributed by atoms with Crippen LogP contribution in [0, 0.1) is 0 Å². The normalized spacial score (nSPS) is 14.6. The number of hydrogen-bond donors (Lipinski definition) is 0. The lowest BCUT2D eigenvalue weighted by atomic mass is 9.83. The van der Waals surface area contributed by atoms with Crippen LogP contribution in [0.1, 0.15) is 36.0 Å². The van der Waals surface area contributed by atoms with Gasteiger partial charge in [-0.1, -0.05) is 152 Å². The van der Waals surface area contributed by atoms with Crippen LogP contribution < -0.4 is 9.80 Å². The molecule has 13 rings (SSSR count). The Balaban J connectivity index is 1.17. The highest BCUT2D eigenvalue weighted by molar-refractivity contribution is 6.25. The van der Waals surface area contributed by atoms with Gasteiger partial charge in [0.2, 0.25) is 0 Å². The second-order valence-electron chi connectivity index (χ2n) is 17.8. The molecule has 0 amide bonds. The van der Waals surface area contributed by atoms with Crippen molar-refractivity contribution in [3.05, 3.63) is 234 Å². The first-order chi connectivity index (χ1) is 31.7. The van der Waals surface area contributed by atoms with E-state index in [9.17, 15) is 0 Å². The molecular formula is C62H46N2. The minimum absolute atomic E-state index is 1.01. The van der Waals surface area contributed by atoms with Crippen LogP contribution in [0.4, 0.5) is 28.4 Å². The van der Waals surface area contributed by atoms with E-state index in [2.05, 4.69) is 216 Å². The number of allylic oxidation sites excluding steroid dienone is 3. The van der Waals surface area contributed by atoms with Crippen molar-refractivity contribution in [2.24, 2.45) is 0 Å². The van der Waals surface area contributed by atoms with Crippen molar-refractivity contribution in [2.75, 3.05) is 9.80 Å². The van der Waals surface area contributed by atoms with Crippen molar-refractivity contribution in [3.63, 3.8) is 0 Å². The van der Waals surface area contributed by atoms with Crippen molar-refractivity contribution in [2.45, 2.75) is 38.5 Å². The first kappa shape index (κ1) is 36.9. The summed E-state index contributed by atoms with van der Waals surface area (Å²) >= 11 is 0. The Hall–Kier alpha value is -7.68. The molecule has 3 aliphatic rings. The summed E-state index contributed by atoms with van der Waals surface area (Å²) in [6, 6.07) is 73.3. The first-order valence-corrected chi connectivity index (χ1v) is 23.0. The van der Waals surface area contributed by atoms with E-state index in [1.807, 2.05) is 0 Å². The minimum atomic E-state index is 1.01. The van der Waals surface area contributed by atoms with E-state index >= 15 is 0 Å². The Bertz CT molecular complexity index is 3540. The second kappa shape index (κ2) is 15.0. The Morgan fingerprint density at radius 1 is 0.344 bits per heavy atom. The van der Waals surface area contributed by atoms with Gasteiger partial charge < -0.3 is 9.80 Å². The summed E-state index contributed by atoms with van der Waals surface area (Å²) in [4.78, 5) is 5.09. The molecule has 10 aromatic rings. The molecule has 0 fully saturated rings. The molecule has 1 aliphatic carbocycles. The summed E-state index contributed by atoms with van der Waals surface area (Å²) in [5, 5.41) is 9.99. The Kier molecular flexibility index (Phi) is 8.65. The van der Waals surface area contributed by atoms with E-state index in [0.29, 0.717) is 0 Å². The smallest absolute Gasteiger partial charge is 0.0493 e. The largest absolute Gasteiger partial charge is 0.310 e. The second-order valence-corrected chi connectivity index (χ2v) is 17.8. The predicted octanol–water partition coefficient (Wildman–Crippen LogP) is 16.9.